The van der Waals surface area contributed by atoms with Crippen molar-refractivity contribution < 1.29 is 32.3 Å². The maximum absolute atomic E-state index is 12.7. The molecule has 3 aliphatic rings. The topological polar surface area (TPSA) is 144 Å². The number of thioether (sulfide) groups is 1. The second kappa shape index (κ2) is 11.3. The molecule has 0 bridgehead atoms. The number of carboxylic acid groups (broad SMARTS) is 1. The number of aliphatic imine (C=N–C) groups is 2. The molecule has 0 aromatic carbocycles. The lowest BCUT2D eigenvalue weighted by atomic mass is 9.78. The van der Waals surface area contributed by atoms with Gasteiger partial charge in [0.2, 0.25) is 0 Å². The van der Waals surface area contributed by atoms with Gasteiger partial charge in [-0.15, -0.1) is 0 Å². The Morgan fingerprint density at radius 1 is 1.23 bits per heavy atom. The summed E-state index contributed by atoms with van der Waals surface area (Å²) in [6.07, 6.45) is 8.10. The third-order valence-electron chi connectivity index (χ3n) is 5.16. The summed E-state index contributed by atoms with van der Waals surface area (Å²) >= 11 is 1.48. The highest BCUT2D eigenvalue weighted by Crippen LogP contribution is 2.43. The molecule has 186 valence electrons. The van der Waals surface area contributed by atoms with Crippen LogP contribution in [0.3, 0.4) is 0 Å². The van der Waals surface area contributed by atoms with E-state index in [1.807, 2.05) is 24.4 Å². The van der Waals surface area contributed by atoms with Crippen molar-refractivity contribution in [3.63, 3.8) is 0 Å². The Morgan fingerprint density at radius 2 is 1.97 bits per heavy atom. The summed E-state index contributed by atoms with van der Waals surface area (Å²) in [6.45, 7) is 0. The molecule has 4 rings (SSSR count). The van der Waals surface area contributed by atoms with Crippen molar-refractivity contribution >= 4 is 34.4 Å². The number of Topliss-reactive ketones (excluding diaryl/α,β-unsaturated/α-hetero) is 1. The van der Waals surface area contributed by atoms with Gasteiger partial charge in [0.15, 0.2) is 10.9 Å². The van der Waals surface area contributed by atoms with Crippen LogP contribution in [0.15, 0.2) is 79.1 Å². The zero-order valence-electron chi connectivity index (χ0n) is 18.4. The molecule has 0 saturated heterocycles. The molecule has 12 heteroatoms. The third-order valence-corrected chi connectivity index (χ3v) is 6.09. The van der Waals surface area contributed by atoms with Crippen LogP contribution in [0.25, 0.3) is 0 Å². The lowest BCUT2D eigenvalue weighted by Crippen LogP contribution is -2.30. The molecule has 1 aromatic rings. The first-order chi connectivity index (χ1) is 16.6. The van der Waals surface area contributed by atoms with Crippen molar-refractivity contribution in [3.8, 4) is 0 Å². The summed E-state index contributed by atoms with van der Waals surface area (Å²) in [5.41, 5.74) is 14.0. The maximum atomic E-state index is 12.7. The van der Waals surface area contributed by atoms with Gasteiger partial charge in [0, 0.05) is 36.4 Å². The number of aliphatic carboxylic acids is 1. The van der Waals surface area contributed by atoms with Gasteiger partial charge in [0.1, 0.15) is 11.6 Å². The van der Waals surface area contributed by atoms with Crippen LogP contribution in [-0.2, 0) is 9.59 Å². The van der Waals surface area contributed by atoms with Gasteiger partial charge in [0.05, 0.1) is 16.7 Å². The molecule has 0 saturated carbocycles. The number of carbonyl (C=O) groups is 2. The number of rotatable bonds is 2. The van der Waals surface area contributed by atoms with Crippen LogP contribution in [0.1, 0.15) is 43.8 Å². The second-order valence-electron chi connectivity index (χ2n) is 7.57. The van der Waals surface area contributed by atoms with Crippen LogP contribution >= 0.6 is 11.8 Å². The number of carbonyl (C=O) groups excluding carboxylic acids is 1. The van der Waals surface area contributed by atoms with Gasteiger partial charge < -0.3 is 21.0 Å². The van der Waals surface area contributed by atoms with E-state index in [0.717, 1.165) is 41.5 Å². The minimum Gasteiger partial charge on any atom is -0.475 e. The number of allylic oxidation sites excluding steroid dienone is 5. The first kappa shape index (κ1) is 26.1. The van der Waals surface area contributed by atoms with Crippen LogP contribution in [0.5, 0.6) is 0 Å². The van der Waals surface area contributed by atoms with Crippen molar-refractivity contribution in [2.45, 2.75) is 49.3 Å². The van der Waals surface area contributed by atoms with Crippen LogP contribution < -0.4 is 11.5 Å². The molecule has 1 aliphatic carbocycles. The number of amidine groups is 1. The number of alkyl halides is 3. The van der Waals surface area contributed by atoms with E-state index in [4.69, 9.17) is 25.8 Å². The number of hydrogen-bond donors (Lipinski definition) is 3. The summed E-state index contributed by atoms with van der Waals surface area (Å²) in [4.78, 5) is 30.5. The predicted molar refractivity (Wildman–Crippen MR) is 126 cm³/mol. The summed E-state index contributed by atoms with van der Waals surface area (Å²) in [5, 5.41) is 8.79. The molecule has 0 radical (unpaired) electrons. The highest BCUT2D eigenvalue weighted by molar-refractivity contribution is 8.13. The van der Waals surface area contributed by atoms with Gasteiger partial charge in [-0.3, -0.25) is 9.79 Å². The molecule has 3 heterocycles. The summed E-state index contributed by atoms with van der Waals surface area (Å²) in [7, 11) is 0. The molecular weight excluding hydrogens is 485 g/mol. The van der Waals surface area contributed by atoms with Crippen molar-refractivity contribution in [3.05, 3.63) is 65.4 Å². The van der Waals surface area contributed by atoms with E-state index in [1.54, 1.807) is 0 Å². The average Bonchev–Trinajstić information content (AvgIpc) is 3.22. The number of furan rings is 1. The number of halogens is 3. The zero-order valence-corrected chi connectivity index (χ0v) is 19.2. The molecule has 8 nitrogen and oxygen atoms in total. The minimum absolute atomic E-state index is 0.0899. The molecule has 0 amide bonds. The first-order valence-electron chi connectivity index (χ1n) is 10.6. The van der Waals surface area contributed by atoms with Crippen molar-refractivity contribution in [2.75, 3.05) is 0 Å². The van der Waals surface area contributed by atoms with Crippen LogP contribution in [0, 0.1) is 0 Å². The highest BCUT2D eigenvalue weighted by Gasteiger charge is 2.38. The molecule has 1 aromatic heterocycles. The first-order valence-corrected chi connectivity index (χ1v) is 11.4. The van der Waals surface area contributed by atoms with Crippen molar-refractivity contribution in [1.82, 2.24) is 0 Å². The van der Waals surface area contributed by atoms with Gasteiger partial charge in [-0.2, -0.15) is 13.2 Å². The van der Waals surface area contributed by atoms with E-state index in [2.05, 4.69) is 22.1 Å². The second-order valence-corrected chi connectivity index (χ2v) is 8.65. The van der Waals surface area contributed by atoms with Crippen LogP contribution in [0.4, 0.5) is 13.2 Å². The lowest BCUT2D eigenvalue weighted by molar-refractivity contribution is -0.192. The number of hydrogen-bond acceptors (Lipinski definition) is 8. The third kappa shape index (κ3) is 6.53. The number of carboxylic acids is 1. The van der Waals surface area contributed by atoms with Crippen molar-refractivity contribution in [2.24, 2.45) is 21.5 Å². The van der Waals surface area contributed by atoms with Gasteiger partial charge in [0.25, 0.3) is 0 Å². The number of ketones is 1. The highest BCUT2D eigenvalue weighted by atomic mass is 32.2. The minimum atomic E-state index is -5.08. The van der Waals surface area contributed by atoms with Gasteiger partial charge in [-0.05, 0) is 43.2 Å². The van der Waals surface area contributed by atoms with Crippen LogP contribution in [-0.4, -0.2) is 33.9 Å². The Labute approximate surface area is 203 Å². The quantitative estimate of drug-likeness (QED) is 0.496. The zero-order chi connectivity index (χ0) is 25.6. The summed E-state index contributed by atoms with van der Waals surface area (Å²) < 4.78 is 37.9. The van der Waals surface area contributed by atoms with E-state index in [9.17, 15) is 18.0 Å². The Morgan fingerprint density at radius 3 is 2.66 bits per heavy atom. The van der Waals surface area contributed by atoms with Gasteiger partial charge in [-0.25, -0.2) is 9.79 Å². The Hall–Kier alpha value is -3.54. The smallest absolute Gasteiger partial charge is 0.475 e. The fourth-order valence-electron chi connectivity index (χ4n) is 3.62. The standard InChI is InChI=1S/C21H22N4O2S.C2HF3O2/c22-12-13-19(20-14(25-21(13)23)6-5-7-15(20)26)16-9-10-18(27-16)28-17-8-3-1-2-4-11-24-17;3-2(4,5)1(6)7/h1,3-4,9-12,19H,2,5-8,22H2,(H2,23,25);(H,6,7)/b3-1-,11-4-,13-12-,24-17?;. The average molecular weight is 509 g/mol. The van der Waals surface area contributed by atoms with Crippen molar-refractivity contribution in [1.29, 1.82) is 0 Å². The SMILES string of the molecule is N/C=C1\C(N)=NC2=C(C(=O)CCC2)C1c1ccc(SC2=N/C=C\C/C=C\C2)o1.O=C(O)C(F)(F)F. The fraction of sp³-hybridized carbons (Fsp3) is 0.304. The monoisotopic (exact) mass is 508 g/mol. The molecule has 2 aliphatic heterocycles. The molecular formula is C23H23F3N4O4S. The number of nitrogens with zero attached hydrogens (tertiary/aromatic N) is 2. The molecule has 5 N–H and O–H groups in total. The predicted octanol–water partition coefficient (Wildman–Crippen LogP) is 4.57. The molecule has 1 atom stereocenters. The summed E-state index contributed by atoms with van der Waals surface area (Å²) in [6, 6.07) is 3.79. The Bertz CT molecular complexity index is 1180. The molecule has 1 unspecified atom stereocenters. The molecule has 0 fully saturated rings. The maximum Gasteiger partial charge on any atom is 0.490 e. The largest absolute Gasteiger partial charge is 0.490 e. The number of nitrogens with two attached hydrogens (primary N) is 2. The molecule has 0 spiro atoms. The molecule has 35 heavy (non-hydrogen) atoms. The van der Waals surface area contributed by atoms with Gasteiger partial charge >= 0.3 is 12.1 Å². The summed E-state index contributed by atoms with van der Waals surface area (Å²) in [5.74, 6) is -2.07. The van der Waals surface area contributed by atoms with Gasteiger partial charge in [-0.1, -0.05) is 18.2 Å². The van der Waals surface area contributed by atoms with E-state index in [1.165, 1.54) is 18.0 Å². The van der Waals surface area contributed by atoms with E-state index in [-0.39, 0.29) is 5.78 Å². The normalized spacial score (nSPS) is 23.2. The Kier molecular flexibility index (Phi) is 8.39. The van der Waals surface area contributed by atoms with Crippen LogP contribution in [0.2, 0.25) is 0 Å². The van der Waals surface area contributed by atoms with E-state index in [0.29, 0.717) is 29.2 Å². The Balaban J connectivity index is 0.000000429. The fourth-order valence-corrected chi connectivity index (χ4v) is 4.42. The lowest BCUT2D eigenvalue weighted by Gasteiger charge is -2.29. The van der Waals surface area contributed by atoms with E-state index >= 15 is 0 Å². The van der Waals surface area contributed by atoms with E-state index < -0.39 is 18.1 Å².